The smallest absolute Gasteiger partial charge is 0.272 e. The number of nitrogens with zero attached hydrogens (tertiary/aromatic N) is 4. The van der Waals surface area contributed by atoms with Gasteiger partial charge in [-0.05, 0) is 37.6 Å². The number of hydrogen-bond donors (Lipinski definition) is 6. The van der Waals surface area contributed by atoms with Crippen molar-refractivity contribution in [2.45, 2.75) is 13.8 Å². The first-order chi connectivity index (χ1) is 15.2. The molecule has 11 nitrogen and oxygen atoms in total. The number of guanidine groups is 2. The molecular weight excluding hydrogens is 408 g/mol. The lowest BCUT2D eigenvalue weighted by molar-refractivity contribution is 0.102. The molecule has 3 aromatic rings. The summed E-state index contributed by atoms with van der Waals surface area (Å²) in [7, 11) is 0. The molecule has 32 heavy (non-hydrogen) atoms. The second-order valence-corrected chi connectivity index (χ2v) is 6.90. The van der Waals surface area contributed by atoms with E-state index >= 15 is 0 Å². The Morgan fingerprint density at radius 2 is 1.47 bits per heavy atom. The van der Waals surface area contributed by atoms with Gasteiger partial charge in [-0.2, -0.15) is 10.2 Å². The summed E-state index contributed by atoms with van der Waals surface area (Å²) in [5.41, 5.74) is 25.9. The first kappa shape index (κ1) is 22.0. The highest BCUT2D eigenvalue weighted by atomic mass is 16.1. The normalized spacial score (nSPS) is 11.8. The van der Waals surface area contributed by atoms with E-state index in [0.717, 1.165) is 22.0 Å². The number of para-hydroxylation sites is 1. The lowest BCUT2D eigenvalue weighted by atomic mass is 10.1. The van der Waals surface area contributed by atoms with Gasteiger partial charge in [-0.3, -0.25) is 4.79 Å². The first-order valence-electron chi connectivity index (χ1n) is 9.55. The molecule has 0 saturated carbocycles. The average Bonchev–Trinajstić information content (AvgIpc) is 3.21. The highest BCUT2D eigenvalue weighted by molar-refractivity contribution is 6.12. The molecule has 0 aliphatic rings. The van der Waals surface area contributed by atoms with E-state index in [0.29, 0.717) is 22.8 Å². The second-order valence-electron chi connectivity index (χ2n) is 6.90. The Morgan fingerprint density at radius 3 is 2.09 bits per heavy atom. The number of fused-ring (bicyclic) bond motifs is 1. The zero-order valence-corrected chi connectivity index (χ0v) is 17.6. The van der Waals surface area contributed by atoms with Gasteiger partial charge in [0.05, 0.1) is 16.9 Å². The summed E-state index contributed by atoms with van der Waals surface area (Å²) in [6.45, 7) is 3.56. The Hall–Kier alpha value is -4.67. The molecule has 164 valence electrons. The molecule has 11 heteroatoms. The molecule has 0 bridgehead atoms. The number of rotatable bonds is 6. The van der Waals surface area contributed by atoms with Crippen molar-refractivity contribution in [1.29, 1.82) is 0 Å². The Bertz CT molecular complexity index is 1260. The Morgan fingerprint density at radius 1 is 0.844 bits per heavy atom. The standard InChI is InChI=1S/C21H24N10O/c1-11(28-30-20(22)23)13-6-8-15(9-7-13)26-19(32)17-10-14-4-3-5-16(18(14)27-17)12(2)29-31-21(24)25/h3-10,27H,1-2H3,(H,26,32)(H4,22,23,30)(H4,24,25,31)/b28-11-,29-12-. The summed E-state index contributed by atoms with van der Waals surface area (Å²) >= 11 is 0. The van der Waals surface area contributed by atoms with Crippen LogP contribution in [-0.2, 0) is 0 Å². The fraction of sp³-hybridized carbons (Fsp3) is 0.0952. The summed E-state index contributed by atoms with van der Waals surface area (Å²) in [4.78, 5) is 15.9. The number of H-pyrrole nitrogens is 1. The number of hydrogen-bond acceptors (Lipinski definition) is 5. The quantitative estimate of drug-likeness (QED) is 0.194. The Labute approximate surface area is 184 Å². The number of aromatic amines is 1. The number of nitrogens with two attached hydrogens (primary N) is 4. The molecule has 1 amide bonds. The molecule has 0 aliphatic heterocycles. The minimum Gasteiger partial charge on any atom is -0.369 e. The first-order valence-corrected chi connectivity index (χ1v) is 9.55. The van der Waals surface area contributed by atoms with E-state index in [-0.39, 0.29) is 17.8 Å². The van der Waals surface area contributed by atoms with Gasteiger partial charge in [0, 0.05) is 16.6 Å². The van der Waals surface area contributed by atoms with Crippen LogP contribution in [0.3, 0.4) is 0 Å². The van der Waals surface area contributed by atoms with Gasteiger partial charge >= 0.3 is 0 Å². The van der Waals surface area contributed by atoms with Crippen LogP contribution in [-0.4, -0.2) is 34.2 Å². The van der Waals surface area contributed by atoms with Crippen LogP contribution in [0.2, 0.25) is 0 Å². The minimum absolute atomic E-state index is 0.118. The van der Waals surface area contributed by atoms with Crippen molar-refractivity contribution in [2.75, 3.05) is 5.32 Å². The topological polar surface area (TPSA) is 198 Å². The van der Waals surface area contributed by atoms with Crippen LogP contribution in [0.1, 0.15) is 35.5 Å². The van der Waals surface area contributed by atoms with Crippen LogP contribution in [0.5, 0.6) is 0 Å². The predicted octanol–water partition coefficient (Wildman–Crippen LogP) is 1.42. The number of anilines is 1. The molecule has 0 saturated heterocycles. The number of amides is 1. The van der Waals surface area contributed by atoms with Gasteiger partial charge in [0.25, 0.3) is 5.91 Å². The third kappa shape index (κ3) is 5.27. The van der Waals surface area contributed by atoms with Gasteiger partial charge < -0.3 is 33.2 Å². The average molecular weight is 432 g/mol. The molecule has 1 aromatic heterocycles. The van der Waals surface area contributed by atoms with E-state index in [1.54, 1.807) is 32.0 Å². The van der Waals surface area contributed by atoms with E-state index in [9.17, 15) is 4.79 Å². The largest absolute Gasteiger partial charge is 0.369 e. The summed E-state index contributed by atoms with van der Waals surface area (Å²) in [5, 5.41) is 19.0. The van der Waals surface area contributed by atoms with E-state index in [4.69, 9.17) is 22.9 Å². The minimum atomic E-state index is -0.287. The third-order valence-corrected chi connectivity index (χ3v) is 4.48. The van der Waals surface area contributed by atoms with E-state index in [2.05, 4.69) is 30.7 Å². The SMILES string of the molecule is C/C(=N/N=C(N)N)c1ccc(NC(=O)c2cc3cccc(/C(C)=N\N=C(N)N)c3[nH]2)cc1. The fourth-order valence-electron chi connectivity index (χ4n) is 2.95. The summed E-state index contributed by atoms with van der Waals surface area (Å²) < 4.78 is 0. The van der Waals surface area contributed by atoms with Crippen molar-refractivity contribution >= 4 is 45.8 Å². The lowest BCUT2D eigenvalue weighted by Crippen LogP contribution is -2.22. The molecule has 0 aliphatic carbocycles. The molecule has 0 spiro atoms. The van der Waals surface area contributed by atoms with E-state index in [1.165, 1.54) is 0 Å². The van der Waals surface area contributed by atoms with Crippen molar-refractivity contribution in [3.63, 3.8) is 0 Å². The molecular formula is C21H24N10O. The lowest BCUT2D eigenvalue weighted by Gasteiger charge is -2.05. The van der Waals surface area contributed by atoms with Crippen molar-refractivity contribution in [3.8, 4) is 0 Å². The van der Waals surface area contributed by atoms with Crippen LogP contribution in [0, 0.1) is 0 Å². The zero-order valence-electron chi connectivity index (χ0n) is 17.6. The van der Waals surface area contributed by atoms with Crippen LogP contribution in [0.15, 0.2) is 68.9 Å². The van der Waals surface area contributed by atoms with Crippen LogP contribution in [0.4, 0.5) is 5.69 Å². The zero-order chi connectivity index (χ0) is 23.3. The number of nitrogens with one attached hydrogen (secondary N) is 2. The van der Waals surface area contributed by atoms with Gasteiger partial charge in [0.1, 0.15) is 5.69 Å². The maximum absolute atomic E-state index is 12.8. The molecule has 10 N–H and O–H groups in total. The van der Waals surface area contributed by atoms with Crippen LogP contribution in [0.25, 0.3) is 10.9 Å². The highest BCUT2D eigenvalue weighted by Crippen LogP contribution is 2.21. The molecule has 0 fully saturated rings. The van der Waals surface area contributed by atoms with Gasteiger partial charge in [-0.25, -0.2) is 0 Å². The Kier molecular flexibility index (Phi) is 6.49. The Balaban J connectivity index is 1.81. The molecule has 1 heterocycles. The van der Waals surface area contributed by atoms with Gasteiger partial charge in [-0.1, -0.05) is 30.3 Å². The number of carbonyl (C=O) groups is 1. The summed E-state index contributed by atoms with van der Waals surface area (Å²) in [5.74, 6) is -0.538. The predicted molar refractivity (Wildman–Crippen MR) is 129 cm³/mol. The second kappa shape index (κ2) is 9.43. The maximum atomic E-state index is 12.8. The van der Waals surface area contributed by atoms with Gasteiger partial charge in [0.15, 0.2) is 0 Å². The fourth-order valence-corrected chi connectivity index (χ4v) is 2.95. The van der Waals surface area contributed by atoms with Crippen molar-refractivity contribution < 1.29 is 4.79 Å². The van der Waals surface area contributed by atoms with Crippen molar-refractivity contribution in [3.05, 3.63) is 65.4 Å². The monoisotopic (exact) mass is 432 g/mol. The summed E-state index contributed by atoms with van der Waals surface area (Å²) in [6.07, 6.45) is 0. The number of aromatic nitrogens is 1. The van der Waals surface area contributed by atoms with Crippen LogP contribution < -0.4 is 28.3 Å². The van der Waals surface area contributed by atoms with Crippen molar-refractivity contribution in [1.82, 2.24) is 4.98 Å². The summed E-state index contributed by atoms with van der Waals surface area (Å²) in [6, 6.07) is 14.5. The highest BCUT2D eigenvalue weighted by Gasteiger charge is 2.13. The maximum Gasteiger partial charge on any atom is 0.272 e. The third-order valence-electron chi connectivity index (χ3n) is 4.48. The van der Waals surface area contributed by atoms with Crippen LogP contribution >= 0.6 is 0 Å². The van der Waals surface area contributed by atoms with E-state index in [1.807, 2.05) is 30.3 Å². The van der Waals surface area contributed by atoms with E-state index < -0.39 is 0 Å². The molecule has 0 radical (unpaired) electrons. The molecule has 0 atom stereocenters. The van der Waals surface area contributed by atoms with Gasteiger partial charge in [0.2, 0.25) is 11.9 Å². The molecule has 2 aromatic carbocycles. The number of benzene rings is 2. The molecule has 0 unspecified atom stereocenters. The molecule has 3 rings (SSSR count). The van der Waals surface area contributed by atoms with Gasteiger partial charge in [-0.15, -0.1) is 10.2 Å². The van der Waals surface area contributed by atoms with Crippen molar-refractivity contribution in [2.24, 2.45) is 43.3 Å². The number of carbonyl (C=O) groups excluding carboxylic acids is 1.